The van der Waals surface area contributed by atoms with Crippen LogP contribution in [0.2, 0.25) is 0 Å². The lowest BCUT2D eigenvalue weighted by Crippen LogP contribution is -2.55. The number of hydrogen-bond acceptors (Lipinski definition) is 9. The summed E-state index contributed by atoms with van der Waals surface area (Å²) in [4.78, 5) is 56.1. The molecule has 3 aromatic heterocycles. The second-order valence-electron chi connectivity index (χ2n) is 7.82. The molecule has 4 heterocycles. The summed E-state index contributed by atoms with van der Waals surface area (Å²) in [6, 6.07) is 3.16. The smallest absolute Gasteiger partial charge is 0.303 e. The van der Waals surface area contributed by atoms with Gasteiger partial charge in [0.25, 0.3) is 5.91 Å². The molecule has 1 unspecified atom stereocenters. The molecule has 14 heteroatoms. The van der Waals surface area contributed by atoms with E-state index in [1.165, 1.54) is 22.4 Å². The molecule has 4 rings (SSSR count). The first-order valence-corrected chi connectivity index (χ1v) is 11.7. The van der Waals surface area contributed by atoms with Gasteiger partial charge < -0.3 is 15.7 Å². The van der Waals surface area contributed by atoms with Gasteiger partial charge >= 0.3 is 5.97 Å². The Morgan fingerprint density at radius 2 is 2.14 bits per heavy atom. The van der Waals surface area contributed by atoms with Crippen LogP contribution in [-0.4, -0.2) is 66.5 Å². The molecule has 3 aromatic rings. The van der Waals surface area contributed by atoms with Gasteiger partial charge in [0, 0.05) is 19.0 Å². The summed E-state index contributed by atoms with van der Waals surface area (Å²) >= 11 is 1.44. The number of thiophene rings is 1. The predicted octanol–water partition coefficient (Wildman–Crippen LogP) is -0.177. The van der Waals surface area contributed by atoms with Gasteiger partial charge in [-0.25, -0.2) is 4.98 Å². The van der Waals surface area contributed by atoms with Crippen LogP contribution in [0.3, 0.4) is 0 Å². The Morgan fingerprint density at radius 3 is 2.86 bits per heavy atom. The van der Waals surface area contributed by atoms with E-state index in [1.807, 2.05) is 10.8 Å². The van der Waals surface area contributed by atoms with E-state index in [4.69, 9.17) is 0 Å². The Hall–Kier alpha value is -4.20. The summed E-state index contributed by atoms with van der Waals surface area (Å²) in [7, 11) is 0. The highest BCUT2D eigenvalue weighted by Crippen LogP contribution is 2.31. The van der Waals surface area contributed by atoms with Gasteiger partial charge in [-0.15, -0.1) is 10.2 Å². The molecule has 1 aliphatic rings. The summed E-state index contributed by atoms with van der Waals surface area (Å²) in [5, 5.41) is 31.5. The van der Waals surface area contributed by atoms with Crippen molar-refractivity contribution in [2.75, 3.05) is 4.90 Å². The Labute approximate surface area is 202 Å². The van der Waals surface area contributed by atoms with Crippen molar-refractivity contribution in [3.63, 3.8) is 0 Å². The van der Waals surface area contributed by atoms with Crippen LogP contribution in [0.1, 0.15) is 29.8 Å². The number of hydrogen-bond donors (Lipinski definition) is 4. The number of fused-ring (bicyclic) bond motifs is 1. The average Bonchev–Trinajstić information content (AvgIpc) is 3.60. The van der Waals surface area contributed by atoms with E-state index in [2.05, 4.69) is 36.2 Å². The fraction of sp³-hybridized carbons (Fsp3) is 0.333. The van der Waals surface area contributed by atoms with E-state index in [1.54, 1.807) is 18.2 Å². The third-order valence-corrected chi connectivity index (χ3v) is 6.13. The number of H-pyrrole nitrogens is 1. The second kappa shape index (κ2) is 10.8. The summed E-state index contributed by atoms with van der Waals surface area (Å²) < 4.78 is 0. The van der Waals surface area contributed by atoms with Crippen molar-refractivity contribution in [3.05, 3.63) is 52.1 Å². The summed E-state index contributed by atoms with van der Waals surface area (Å²) in [5.74, 6) is -2.05. The lowest BCUT2D eigenvalue weighted by molar-refractivity contribution is -0.138. The molecular weight excluding hydrogens is 476 g/mol. The van der Waals surface area contributed by atoms with Crippen LogP contribution in [0.15, 0.2) is 35.2 Å². The fourth-order valence-corrected chi connectivity index (χ4v) is 4.45. The number of carbonyl (C=O) groups excluding carboxylic acids is 3. The third-order valence-electron chi connectivity index (χ3n) is 5.40. The molecule has 0 saturated heterocycles. The molecule has 2 atom stereocenters. The Morgan fingerprint density at radius 1 is 1.29 bits per heavy atom. The molecule has 1 aliphatic heterocycles. The molecule has 0 saturated carbocycles. The van der Waals surface area contributed by atoms with Gasteiger partial charge in [-0.3, -0.25) is 24.1 Å². The van der Waals surface area contributed by atoms with Gasteiger partial charge in [-0.2, -0.15) is 16.6 Å². The van der Waals surface area contributed by atoms with Crippen LogP contribution < -0.4 is 15.5 Å². The number of aliphatic carboxylic acids is 1. The zero-order chi connectivity index (χ0) is 24.8. The highest BCUT2D eigenvalue weighted by molar-refractivity contribution is 7.08. The molecule has 182 valence electrons. The zero-order valence-corrected chi connectivity index (χ0v) is 19.2. The number of amides is 3. The Kier molecular flexibility index (Phi) is 7.40. The SMILES string of the molecule is O=C(O)CCC(NC(=O)Cc1ccsc1)C(=O)N1c2ncccc2C[C@H]1C(=O)NCc1nn[nH]n1. The average molecular weight is 499 g/mol. The van der Waals surface area contributed by atoms with E-state index in [9.17, 15) is 24.3 Å². The Bertz CT molecular complexity index is 1200. The maximum absolute atomic E-state index is 13.7. The first kappa shape index (κ1) is 23.9. The molecular formula is C21H22N8O5S. The van der Waals surface area contributed by atoms with Crippen LogP contribution in [0.25, 0.3) is 0 Å². The number of tetrazole rings is 1. The number of carboxylic acid groups (broad SMARTS) is 1. The predicted molar refractivity (Wildman–Crippen MR) is 122 cm³/mol. The minimum atomic E-state index is -1.15. The number of rotatable bonds is 10. The van der Waals surface area contributed by atoms with Crippen LogP contribution in [0, 0.1) is 0 Å². The topological polar surface area (TPSA) is 183 Å². The molecule has 0 radical (unpaired) electrons. The molecule has 0 bridgehead atoms. The van der Waals surface area contributed by atoms with Crippen molar-refractivity contribution in [1.82, 2.24) is 36.2 Å². The van der Waals surface area contributed by atoms with Crippen molar-refractivity contribution in [2.24, 2.45) is 0 Å². The third kappa shape index (κ3) is 5.84. The lowest BCUT2D eigenvalue weighted by atomic mass is 10.1. The summed E-state index contributed by atoms with van der Waals surface area (Å²) in [6.07, 6.45) is 1.28. The number of pyridine rings is 1. The monoisotopic (exact) mass is 498 g/mol. The molecule has 3 amide bonds. The van der Waals surface area contributed by atoms with Crippen molar-refractivity contribution < 1.29 is 24.3 Å². The molecule has 0 spiro atoms. The lowest BCUT2D eigenvalue weighted by Gasteiger charge is -2.28. The first-order valence-electron chi connectivity index (χ1n) is 10.7. The van der Waals surface area contributed by atoms with E-state index < -0.39 is 35.8 Å². The Balaban J connectivity index is 1.55. The number of nitrogens with zero attached hydrogens (tertiary/aromatic N) is 5. The van der Waals surface area contributed by atoms with Crippen LogP contribution in [0.4, 0.5) is 5.82 Å². The van der Waals surface area contributed by atoms with E-state index in [0.29, 0.717) is 11.4 Å². The number of nitrogens with one attached hydrogen (secondary N) is 3. The summed E-state index contributed by atoms with van der Waals surface area (Å²) in [6.45, 7) is -0.00252. The minimum absolute atomic E-state index is 0.00252. The van der Waals surface area contributed by atoms with Gasteiger partial charge in [0.1, 0.15) is 17.9 Å². The van der Waals surface area contributed by atoms with Crippen LogP contribution in [0.5, 0.6) is 0 Å². The normalized spacial score (nSPS) is 15.3. The molecule has 0 aromatic carbocycles. The molecule has 4 N–H and O–H groups in total. The maximum atomic E-state index is 13.7. The van der Waals surface area contributed by atoms with Gasteiger partial charge in [-0.1, -0.05) is 11.3 Å². The van der Waals surface area contributed by atoms with Gasteiger partial charge in [0.2, 0.25) is 11.8 Å². The van der Waals surface area contributed by atoms with Crippen molar-refractivity contribution in [2.45, 2.75) is 44.3 Å². The molecule has 0 aliphatic carbocycles. The van der Waals surface area contributed by atoms with E-state index in [0.717, 1.165) is 5.56 Å². The highest BCUT2D eigenvalue weighted by Gasteiger charge is 2.42. The van der Waals surface area contributed by atoms with Gasteiger partial charge in [0.05, 0.1) is 13.0 Å². The standard InChI is InChI=1S/C21H22N8O5S/c30-17(8-12-5-7-35-11-12)24-14(3-4-18(31)32)21(34)29-15(9-13-2-1-6-22-19(13)29)20(33)23-10-16-25-27-28-26-16/h1-2,5-7,11,14-15H,3-4,8-10H2,(H,23,33)(H,24,30)(H,31,32)(H,25,26,27,28)/t14?,15-/m0/s1. The fourth-order valence-electron chi connectivity index (χ4n) is 3.78. The molecule has 0 fully saturated rings. The molecule has 13 nitrogen and oxygen atoms in total. The van der Waals surface area contributed by atoms with Crippen molar-refractivity contribution in [3.8, 4) is 0 Å². The zero-order valence-electron chi connectivity index (χ0n) is 18.4. The second-order valence-corrected chi connectivity index (χ2v) is 8.60. The number of aromatic amines is 1. The quantitative estimate of drug-likeness (QED) is 0.294. The van der Waals surface area contributed by atoms with Gasteiger partial charge in [0.15, 0.2) is 5.82 Å². The molecule has 35 heavy (non-hydrogen) atoms. The maximum Gasteiger partial charge on any atom is 0.303 e. The summed E-state index contributed by atoms with van der Waals surface area (Å²) in [5.41, 5.74) is 1.46. The van der Waals surface area contributed by atoms with Crippen LogP contribution >= 0.6 is 11.3 Å². The van der Waals surface area contributed by atoms with Crippen molar-refractivity contribution >= 4 is 40.8 Å². The van der Waals surface area contributed by atoms with E-state index >= 15 is 0 Å². The number of aromatic nitrogens is 5. The largest absolute Gasteiger partial charge is 0.481 e. The first-order chi connectivity index (χ1) is 16.9. The van der Waals surface area contributed by atoms with Crippen LogP contribution in [-0.2, 0) is 38.6 Å². The number of carbonyl (C=O) groups is 4. The van der Waals surface area contributed by atoms with E-state index in [-0.39, 0.29) is 38.1 Å². The number of carboxylic acids is 1. The number of anilines is 1. The minimum Gasteiger partial charge on any atom is -0.481 e. The van der Waals surface area contributed by atoms with Gasteiger partial charge in [-0.05, 0) is 40.4 Å². The highest BCUT2D eigenvalue weighted by atomic mass is 32.1. The van der Waals surface area contributed by atoms with Crippen molar-refractivity contribution in [1.29, 1.82) is 0 Å².